The van der Waals surface area contributed by atoms with Crippen molar-refractivity contribution in [2.24, 2.45) is 0 Å². The van der Waals surface area contributed by atoms with Crippen LogP contribution in [0.4, 0.5) is 5.82 Å². The van der Waals surface area contributed by atoms with Gasteiger partial charge >= 0.3 is 0 Å². The van der Waals surface area contributed by atoms with Crippen LogP contribution < -0.4 is 10.1 Å². The number of halogens is 2. The first-order chi connectivity index (χ1) is 16.2. The van der Waals surface area contributed by atoms with Crippen molar-refractivity contribution in [2.75, 3.05) is 5.32 Å². The number of carbonyl (C=O) groups excluding carboxylic acids is 1. The van der Waals surface area contributed by atoms with Crippen molar-refractivity contribution in [2.45, 2.75) is 39.5 Å². The molecule has 0 bridgehead atoms. The van der Waals surface area contributed by atoms with E-state index in [9.17, 15) is 4.79 Å². The van der Waals surface area contributed by atoms with Crippen molar-refractivity contribution >= 4 is 34.9 Å². The highest BCUT2D eigenvalue weighted by atomic mass is 35.5. The summed E-state index contributed by atoms with van der Waals surface area (Å²) >= 11 is 12.5. The fourth-order valence-electron chi connectivity index (χ4n) is 3.29. The van der Waals surface area contributed by atoms with Gasteiger partial charge in [-0.05, 0) is 41.3 Å². The number of aromatic nitrogens is 4. The summed E-state index contributed by atoms with van der Waals surface area (Å²) in [5, 5.41) is 12.5. The first-order valence-corrected chi connectivity index (χ1v) is 11.5. The standard InChI is InChI=1S/C25H25Cl2N5O2/c1-25(2,3)17-7-9-18(10-8-17)34-16-32-13-11-22(29-32)24(33)28-23-12-14-31(30-23)15-19-20(26)5-4-6-21(19)27/h4-14H,15-16H2,1-3H3,(H,28,30,33). The highest BCUT2D eigenvalue weighted by Gasteiger charge is 2.14. The van der Waals surface area contributed by atoms with E-state index in [0.29, 0.717) is 22.4 Å². The number of nitrogens with one attached hydrogen (secondary N) is 1. The second kappa shape index (κ2) is 9.91. The quantitative estimate of drug-likeness (QED) is 0.338. The fraction of sp³-hybridized carbons (Fsp3) is 0.240. The van der Waals surface area contributed by atoms with Gasteiger partial charge in [0.15, 0.2) is 18.2 Å². The zero-order valence-electron chi connectivity index (χ0n) is 19.1. The van der Waals surface area contributed by atoms with Gasteiger partial charge in [0.1, 0.15) is 5.75 Å². The summed E-state index contributed by atoms with van der Waals surface area (Å²) in [6.07, 6.45) is 3.43. The summed E-state index contributed by atoms with van der Waals surface area (Å²) < 4.78 is 8.99. The van der Waals surface area contributed by atoms with Gasteiger partial charge in [-0.15, -0.1) is 0 Å². The molecule has 0 aliphatic carbocycles. The Bertz CT molecular complexity index is 1270. The monoisotopic (exact) mass is 497 g/mol. The molecule has 176 valence electrons. The molecule has 0 saturated heterocycles. The smallest absolute Gasteiger partial charge is 0.277 e. The lowest BCUT2D eigenvalue weighted by atomic mass is 9.87. The van der Waals surface area contributed by atoms with E-state index >= 15 is 0 Å². The van der Waals surface area contributed by atoms with E-state index in [4.69, 9.17) is 27.9 Å². The first kappa shape index (κ1) is 23.9. The van der Waals surface area contributed by atoms with Crippen molar-refractivity contribution < 1.29 is 9.53 Å². The number of ether oxygens (including phenoxy) is 1. The molecule has 4 aromatic rings. The Morgan fingerprint density at radius 1 is 0.941 bits per heavy atom. The van der Waals surface area contributed by atoms with Crippen LogP contribution >= 0.6 is 23.2 Å². The topological polar surface area (TPSA) is 74.0 Å². The molecule has 0 aliphatic rings. The maximum absolute atomic E-state index is 12.6. The minimum Gasteiger partial charge on any atom is -0.471 e. The average molecular weight is 498 g/mol. The molecule has 1 N–H and O–H groups in total. The van der Waals surface area contributed by atoms with Crippen LogP contribution in [0.15, 0.2) is 67.0 Å². The van der Waals surface area contributed by atoms with E-state index in [1.165, 1.54) is 5.56 Å². The zero-order valence-corrected chi connectivity index (χ0v) is 20.6. The van der Waals surface area contributed by atoms with Crippen molar-refractivity contribution in [1.29, 1.82) is 0 Å². The summed E-state index contributed by atoms with van der Waals surface area (Å²) in [6, 6.07) is 16.6. The maximum atomic E-state index is 12.6. The Kier molecular flexibility index (Phi) is 6.95. The van der Waals surface area contributed by atoms with E-state index in [-0.39, 0.29) is 23.7 Å². The number of carbonyl (C=O) groups is 1. The number of rotatable bonds is 7. The van der Waals surface area contributed by atoms with E-state index in [1.807, 2.05) is 12.1 Å². The third-order valence-corrected chi connectivity index (χ3v) is 5.93. The molecule has 1 amide bonds. The molecular weight excluding hydrogens is 473 g/mol. The molecule has 2 aromatic heterocycles. The van der Waals surface area contributed by atoms with Crippen LogP contribution in [0.1, 0.15) is 42.4 Å². The summed E-state index contributed by atoms with van der Waals surface area (Å²) in [6.45, 7) is 7.07. The molecule has 0 saturated carbocycles. The molecule has 9 heteroatoms. The van der Waals surface area contributed by atoms with E-state index in [2.05, 4.69) is 48.4 Å². The Balaban J connectivity index is 1.33. The predicted octanol–water partition coefficient (Wildman–Crippen LogP) is 6.02. The van der Waals surface area contributed by atoms with Gasteiger partial charge in [-0.25, -0.2) is 4.68 Å². The van der Waals surface area contributed by atoms with Gasteiger partial charge in [-0.3, -0.25) is 9.48 Å². The molecule has 7 nitrogen and oxygen atoms in total. The Labute approximate surface area is 208 Å². The second-order valence-electron chi connectivity index (χ2n) is 8.84. The Hall–Kier alpha value is -3.29. The Morgan fingerprint density at radius 2 is 1.62 bits per heavy atom. The molecule has 34 heavy (non-hydrogen) atoms. The number of nitrogens with zero attached hydrogens (tertiary/aromatic N) is 4. The summed E-state index contributed by atoms with van der Waals surface area (Å²) in [7, 11) is 0. The third-order valence-electron chi connectivity index (χ3n) is 5.22. The molecule has 4 rings (SSSR count). The minimum atomic E-state index is -0.366. The molecule has 2 aromatic carbocycles. The molecule has 0 radical (unpaired) electrons. The van der Waals surface area contributed by atoms with Gasteiger partial charge in [0.25, 0.3) is 5.91 Å². The number of hydrogen-bond acceptors (Lipinski definition) is 4. The normalized spacial score (nSPS) is 11.4. The van der Waals surface area contributed by atoms with E-state index in [1.54, 1.807) is 52.1 Å². The lowest BCUT2D eigenvalue weighted by molar-refractivity contribution is 0.101. The van der Waals surface area contributed by atoms with Gasteiger partial charge in [0.2, 0.25) is 0 Å². The van der Waals surface area contributed by atoms with E-state index in [0.717, 1.165) is 11.3 Å². The molecule has 0 fully saturated rings. The van der Waals surface area contributed by atoms with Crippen molar-refractivity contribution in [1.82, 2.24) is 19.6 Å². The van der Waals surface area contributed by atoms with Gasteiger partial charge in [-0.1, -0.05) is 62.2 Å². The van der Waals surface area contributed by atoms with Crippen LogP contribution in [0, 0.1) is 0 Å². The highest BCUT2D eigenvalue weighted by Crippen LogP contribution is 2.26. The number of benzene rings is 2. The molecule has 0 spiro atoms. The van der Waals surface area contributed by atoms with Gasteiger partial charge < -0.3 is 10.1 Å². The van der Waals surface area contributed by atoms with Gasteiger partial charge in [0, 0.05) is 34.1 Å². The van der Waals surface area contributed by atoms with Crippen LogP contribution in [-0.2, 0) is 18.7 Å². The lowest BCUT2D eigenvalue weighted by Gasteiger charge is -2.19. The zero-order chi connectivity index (χ0) is 24.3. The third kappa shape index (κ3) is 5.79. The summed E-state index contributed by atoms with van der Waals surface area (Å²) in [5.74, 6) is 0.769. The van der Waals surface area contributed by atoms with Crippen LogP contribution in [-0.4, -0.2) is 25.5 Å². The van der Waals surface area contributed by atoms with Gasteiger partial charge in [-0.2, -0.15) is 10.2 Å². The highest BCUT2D eigenvalue weighted by molar-refractivity contribution is 6.35. The lowest BCUT2D eigenvalue weighted by Crippen LogP contribution is -2.15. The van der Waals surface area contributed by atoms with Crippen molar-refractivity contribution in [3.63, 3.8) is 0 Å². The molecule has 0 aliphatic heterocycles. The van der Waals surface area contributed by atoms with Crippen molar-refractivity contribution in [3.05, 3.63) is 93.9 Å². The number of hydrogen-bond donors (Lipinski definition) is 1. The minimum absolute atomic E-state index is 0.0836. The van der Waals surface area contributed by atoms with Crippen LogP contribution in [0.3, 0.4) is 0 Å². The van der Waals surface area contributed by atoms with Crippen LogP contribution in [0.2, 0.25) is 10.0 Å². The Morgan fingerprint density at radius 3 is 2.29 bits per heavy atom. The average Bonchev–Trinajstić information content (AvgIpc) is 3.44. The summed E-state index contributed by atoms with van der Waals surface area (Å²) in [5.41, 5.74) is 2.34. The number of anilines is 1. The second-order valence-corrected chi connectivity index (χ2v) is 9.66. The molecule has 0 atom stereocenters. The predicted molar refractivity (Wildman–Crippen MR) is 134 cm³/mol. The maximum Gasteiger partial charge on any atom is 0.277 e. The molecule has 0 unspecified atom stereocenters. The van der Waals surface area contributed by atoms with Crippen LogP contribution in [0.25, 0.3) is 0 Å². The van der Waals surface area contributed by atoms with Crippen LogP contribution in [0.5, 0.6) is 5.75 Å². The molecule has 2 heterocycles. The van der Waals surface area contributed by atoms with E-state index < -0.39 is 0 Å². The van der Waals surface area contributed by atoms with Gasteiger partial charge in [0.05, 0.1) is 6.54 Å². The molecular formula is C25H25Cl2N5O2. The SMILES string of the molecule is CC(C)(C)c1ccc(OCn2ccc(C(=O)Nc3ccn(Cc4c(Cl)cccc4Cl)n3)n2)cc1. The number of amides is 1. The first-order valence-electron chi connectivity index (χ1n) is 10.7. The fourth-order valence-corrected chi connectivity index (χ4v) is 3.81. The summed E-state index contributed by atoms with van der Waals surface area (Å²) in [4.78, 5) is 12.6. The van der Waals surface area contributed by atoms with Crippen molar-refractivity contribution in [3.8, 4) is 5.75 Å². The largest absolute Gasteiger partial charge is 0.471 e.